The average Bonchev–Trinajstić information content (AvgIpc) is 2.88. The van der Waals surface area contributed by atoms with Gasteiger partial charge in [0.25, 0.3) is 0 Å². The standard InChI is InChI=1S/C14H25N5O4S/c1-5-15-14(20)18-8-11(9-18)19(24(4,21)22)7-6-12-16-13(10(2)3)23-17-12/h10-11H,5-9H2,1-4H3,(H,15,20). The third kappa shape index (κ3) is 4.44. The Morgan fingerprint density at radius 1 is 1.46 bits per heavy atom. The van der Waals surface area contributed by atoms with Crippen LogP contribution in [0.25, 0.3) is 0 Å². The Kier molecular flexibility index (Phi) is 5.81. The summed E-state index contributed by atoms with van der Waals surface area (Å²) in [4.78, 5) is 17.6. The maximum Gasteiger partial charge on any atom is 0.317 e. The molecule has 24 heavy (non-hydrogen) atoms. The molecule has 0 aliphatic carbocycles. The van der Waals surface area contributed by atoms with E-state index in [9.17, 15) is 13.2 Å². The SMILES string of the molecule is CCNC(=O)N1CC(N(CCc2noc(C(C)C)n2)S(C)(=O)=O)C1. The molecule has 0 spiro atoms. The largest absolute Gasteiger partial charge is 0.339 e. The minimum absolute atomic E-state index is 0.134. The van der Waals surface area contributed by atoms with Crippen LogP contribution >= 0.6 is 0 Å². The number of likely N-dealkylation sites (tertiary alicyclic amines) is 1. The highest BCUT2D eigenvalue weighted by atomic mass is 32.2. The fourth-order valence-corrected chi connectivity index (χ4v) is 3.60. The van der Waals surface area contributed by atoms with Crippen molar-refractivity contribution in [2.45, 2.75) is 39.2 Å². The second-order valence-corrected chi connectivity index (χ2v) is 8.16. The van der Waals surface area contributed by atoms with Gasteiger partial charge in [0.1, 0.15) is 0 Å². The Balaban J connectivity index is 1.94. The Bertz CT molecular complexity index is 666. The number of urea groups is 1. The van der Waals surface area contributed by atoms with E-state index in [1.165, 1.54) is 10.6 Å². The molecule has 1 aromatic rings. The lowest BCUT2D eigenvalue weighted by Gasteiger charge is -2.43. The van der Waals surface area contributed by atoms with Crippen LogP contribution in [0.15, 0.2) is 4.52 Å². The van der Waals surface area contributed by atoms with Gasteiger partial charge >= 0.3 is 6.03 Å². The number of aromatic nitrogens is 2. The highest BCUT2D eigenvalue weighted by Crippen LogP contribution is 2.19. The molecule has 2 heterocycles. The van der Waals surface area contributed by atoms with Crippen molar-refractivity contribution in [3.8, 4) is 0 Å². The van der Waals surface area contributed by atoms with Crippen LogP contribution in [0.2, 0.25) is 0 Å². The third-order valence-corrected chi connectivity index (χ3v) is 5.18. The van der Waals surface area contributed by atoms with E-state index in [-0.39, 0.29) is 24.5 Å². The number of nitrogens with zero attached hydrogens (tertiary/aromatic N) is 4. The molecule has 1 fully saturated rings. The lowest BCUT2D eigenvalue weighted by molar-refractivity contribution is 0.102. The van der Waals surface area contributed by atoms with Crippen molar-refractivity contribution in [3.05, 3.63) is 11.7 Å². The van der Waals surface area contributed by atoms with Crippen LogP contribution in [0.4, 0.5) is 4.79 Å². The quantitative estimate of drug-likeness (QED) is 0.755. The maximum absolute atomic E-state index is 12.0. The zero-order valence-corrected chi connectivity index (χ0v) is 15.3. The van der Waals surface area contributed by atoms with Crippen LogP contribution < -0.4 is 5.32 Å². The second kappa shape index (κ2) is 7.47. The van der Waals surface area contributed by atoms with Gasteiger partial charge in [-0.25, -0.2) is 13.2 Å². The number of carbonyl (C=O) groups excluding carboxylic acids is 1. The first-order valence-electron chi connectivity index (χ1n) is 8.04. The Hall–Kier alpha value is -1.68. The first-order chi connectivity index (χ1) is 11.2. The van der Waals surface area contributed by atoms with Crippen molar-refractivity contribution >= 4 is 16.1 Å². The molecule has 1 aromatic heterocycles. The van der Waals surface area contributed by atoms with Gasteiger partial charge < -0.3 is 14.7 Å². The fraction of sp³-hybridized carbons (Fsp3) is 0.786. The molecule has 10 heteroatoms. The fourth-order valence-electron chi connectivity index (χ4n) is 2.50. The molecule has 0 atom stereocenters. The topological polar surface area (TPSA) is 109 Å². The highest BCUT2D eigenvalue weighted by Gasteiger charge is 2.38. The average molecular weight is 359 g/mol. The Labute approximate surface area is 142 Å². The second-order valence-electron chi connectivity index (χ2n) is 6.22. The van der Waals surface area contributed by atoms with Crippen LogP contribution in [0.5, 0.6) is 0 Å². The van der Waals surface area contributed by atoms with Crippen molar-refractivity contribution in [2.75, 3.05) is 32.4 Å². The number of hydrogen-bond donors (Lipinski definition) is 1. The predicted octanol–water partition coefficient (Wildman–Crippen LogP) is 0.411. The minimum Gasteiger partial charge on any atom is -0.339 e. The zero-order chi connectivity index (χ0) is 17.9. The molecule has 1 aliphatic heterocycles. The van der Waals surface area contributed by atoms with Crippen LogP contribution in [-0.2, 0) is 16.4 Å². The molecule has 2 amide bonds. The molecule has 0 radical (unpaired) electrons. The summed E-state index contributed by atoms with van der Waals surface area (Å²) in [6, 6.07) is -0.374. The number of hydrogen-bond acceptors (Lipinski definition) is 6. The van der Waals surface area contributed by atoms with Gasteiger partial charge in [-0.05, 0) is 6.92 Å². The van der Waals surface area contributed by atoms with Gasteiger partial charge in [0.15, 0.2) is 5.82 Å². The first kappa shape index (κ1) is 18.7. The zero-order valence-electron chi connectivity index (χ0n) is 14.5. The van der Waals surface area contributed by atoms with E-state index in [0.29, 0.717) is 37.8 Å². The monoisotopic (exact) mass is 359 g/mol. The molecule has 0 saturated carbocycles. The van der Waals surface area contributed by atoms with Gasteiger partial charge in [0.2, 0.25) is 15.9 Å². The number of nitrogens with one attached hydrogen (secondary N) is 1. The van der Waals surface area contributed by atoms with Crippen LogP contribution in [0.1, 0.15) is 38.4 Å². The minimum atomic E-state index is -3.38. The van der Waals surface area contributed by atoms with E-state index >= 15 is 0 Å². The van der Waals surface area contributed by atoms with Crippen molar-refractivity contribution in [1.82, 2.24) is 24.7 Å². The van der Waals surface area contributed by atoms with E-state index in [4.69, 9.17) is 4.52 Å². The smallest absolute Gasteiger partial charge is 0.317 e. The summed E-state index contributed by atoms with van der Waals surface area (Å²) in [5, 5.41) is 6.58. The summed E-state index contributed by atoms with van der Waals surface area (Å²) in [7, 11) is -3.38. The number of sulfonamides is 1. The summed E-state index contributed by atoms with van der Waals surface area (Å²) in [6.07, 6.45) is 1.55. The molecule has 1 saturated heterocycles. The van der Waals surface area contributed by atoms with Crippen LogP contribution in [0, 0.1) is 0 Å². The first-order valence-corrected chi connectivity index (χ1v) is 9.89. The Morgan fingerprint density at radius 3 is 2.62 bits per heavy atom. The molecule has 0 bridgehead atoms. The van der Waals surface area contributed by atoms with Gasteiger partial charge in [0.05, 0.1) is 12.3 Å². The van der Waals surface area contributed by atoms with Gasteiger partial charge in [-0.15, -0.1) is 0 Å². The molecule has 0 unspecified atom stereocenters. The molecule has 0 aromatic carbocycles. The third-order valence-electron chi connectivity index (χ3n) is 3.84. The van der Waals surface area contributed by atoms with Gasteiger partial charge in [-0.3, -0.25) is 0 Å². The number of amides is 2. The normalized spacial score (nSPS) is 15.8. The van der Waals surface area contributed by atoms with Crippen molar-refractivity contribution in [1.29, 1.82) is 0 Å². The lowest BCUT2D eigenvalue weighted by atomic mass is 10.1. The molecule has 9 nitrogen and oxygen atoms in total. The summed E-state index contributed by atoms with van der Waals surface area (Å²) in [6.45, 7) is 7.34. The summed E-state index contributed by atoms with van der Waals surface area (Å²) in [5.41, 5.74) is 0. The van der Waals surface area contributed by atoms with E-state index in [0.717, 1.165) is 0 Å². The van der Waals surface area contributed by atoms with Crippen LogP contribution in [-0.4, -0.2) is 72.3 Å². The maximum atomic E-state index is 12.0. The van der Waals surface area contributed by atoms with Crippen molar-refractivity contribution in [2.24, 2.45) is 0 Å². The van der Waals surface area contributed by atoms with E-state index < -0.39 is 10.0 Å². The molecule has 1 aliphatic rings. The van der Waals surface area contributed by atoms with Crippen molar-refractivity contribution in [3.63, 3.8) is 0 Å². The lowest BCUT2D eigenvalue weighted by Crippen LogP contribution is -2.64. The van der Waals surface area contributed by atoms with Gasteiger partial charge in [-0.1, -0.05) is 19.0 Å². The van der Waals surface area contributed by atoms with E-state index in [1.807, 2.05) is 20.8 Å². The number of carbonyl (C=O) groups is 1. The van der Waals surface area contributed by atoms with E-state index in [2.05, 4.69) is 15.5 Å². The molecule has 2 rings (SSSR count). The molecule has 1 N–H and O–H groups in total. The predicted molar refractivity (Wildman–Crippen MR) is 88.1 cm³/mol. The molecular formula is C14H25N5O4S. The molecule has 136 valence electrons. The summed E-state index contributed by atoms with van der Waals surface area (Å²) >= 11 is 0. The van der Waals surface area contributed by atoms with Gasteiger partial charge in [0, 0.05) is 38.5 Å². The number of rotatable bonds is 7. The molecular weight excluding hydrogens is 334 g/mol. The Morgan fingerprint density at radius 2 is 2.12 bits per heavy atom. The van der Waals surface area contributed by atoms with Crippen molar-refractivity contribution < 1.29 is 17.7 Å². The summed E-state index contributed by atoms with van der Waals surface area (Å²) in [5.74, 6) is 1.17. The highest BCUT2D eigenvalue weighted by molar-refractivity contribution is 7.88. The van der Waals surface area contributed by atoms with E-state index in [1.54, 1.807) is 4.90 Å². The van der Waals surface area contributed by atoms with Gasteiger partial charge in [-0.2, -0.15) is 9.29 Å². The van der Waals surface area contributed by atoms with Crippen LogP contribution in [0.3, 0.4) is 0 Å². The summed E-state index contributed by atoms with van der Waals surface area (Å²) < 4.78 is 30.6.